The van der Waals surface area contributed by atoms with Gasteiger partial charge in [0.25, 0.3) is 11.5 Å². The molecule has 0 aliphatic carbocycles. The second-order valence-electron chi connectivity index (χ2n) is 6.10. The summed E-state index contributed by atoms with van der Waals surface area (Å²) in [6, 6.07) is 15.1. The van der Waals surface area contributed by atoms with Crippen molar-refractivity contribution in [2.24, 2.45) is 7.05 Å². The third-order valence-corrected chi connectivity index (χ3v) is 4.33. The van der Waals surface area contributed by atoms with Crippen LogP contribution in [0.3, 0.4) is 0 Å². The average Bonchev–Trinajstić information content (AvgIpc) is 2.62. The van der Waals surface area contributed by atoms with Crippen LogP contribution in [0.1, 0.15) is 21.5 Å². The van der Waals surface area contributed by atoms with Gasteiger partial charge in [-0.1, -0.05) is 48.0 Å². The number of nitrogens with zero attached hydrogens (tertiary/aromatic N) is 1. The molecule has 5 heteroatoms. The Balaban J connectivity index is 1.85. The molecule has 0 saturated heterocycles. The van der Waals surface area contributed by atoms with Crippen LogP contribution >= 0.6 is 0 Å². The van der Waals surface area contributed by atoms with Crippen molar-refractivity contribution in [1.82, 2.24) is 9.88 Å². The summed E-state index contributed by atoms with van der Waals surface area (Å²) in [5.41, 5.74) is 2.35. The molecule has 3 aromatic rings. The van der Waals surface area contributed by atoms with Crippen molar-refractivity contribution in [2.45, 2.75) is 13.3 Å². The van der Waals surface area contributed by atoms with Gasteiger partial charge >= 0.3 is 0 Å². The summed E-state index contributed by atoms with van der Waals surface area (Å²) in [6.07, 6.45) is 0.676. The lowest BCUT2D eigenvalue weighted by atomic mass is 10.1. The summed E-state index contributed by atoms with van der Waals surface area (Å²) in [5.74, 6) is -0.965. The quantitative estimate of drug-likeness (QED) is 0.769. The first kappa shape index (κ1) is 16.8. The molecule has 1 aromatic heterocycles. The molecule has 25 heavy (non-hydrogen) atoms. The number of aromatic nitrogens is 1. The summed E-state index contributed by atoms with van der Waals surface area (Å²) in [7, 11) is 1.57. The van der Waals surface area contributed by atoms with Crippen LogP contribution in [-0.4, -0.2) is 22.1 Å². The van der Waals surface area contributed by atoms with Gasteiger partial charge in [0.1, 0.15) is 0 Å². The minimum Gasteiger partial charge on any atom is -0.502 e. The van der Waals surface area contributed by atoms with E-state index in [1.54, 1.807) is 31.3 Å². The van der Waals surface area contributed by atoms with Gasteiger partial charge in [0.05, 0.1) is 11.1 Å². The summed E-state index contributed by atoms with van der Waals surface area (Å²) in [5, 5.41) is 13.5. The van der Waals surface area contributed by atoms with Crippen LogP contribution in [0, 0.1) is 6.92 Å². The topological polar surface area (TPSA) is 71.3 Å². The molecule has 0 unspecified atom stereocenters. The first-order valence-electron chi connectivity index (χ1n) is 8.13. The molecule has 5 nitrogen and oxygen atoms in total. The number of rotatable bonds is 4. The molecule has 0 spiro atoms. The Morgan fingerprint density at radius 3 is 2.52 bits per heavy atom. The fourth-order valence-corrected chi connectivity index (χ4v) is 2.87. The molecular weight excluding hydrogens is 316 g/mol. The molecule has 1 amide bonds. The van der Waals surface area contributed by atoms with Crippen molar-refractivity contribution in [1.29, 1.82) is 0 Å². The molecule has 0 aliphatic heterocycles. The molecule has 0 bridgehead atoms. The van der Waals surface area contributed by atoms with Gasteiger partial charge in [0.2, 0.25) is 0 Å². The van der Waals surface area contributed by atoms with E-state index in [0.29, 0.717) is 23.9 Å². The van der Waals surface area contributed by atoms with Gasteiger partial charge < -0.3 is 15.0 Å². The number of para-hydroxylation sites is 1. The van der Waals surface area contributed by atoms with E-state index in [0.717, 1.165) is 5.56 Å². The molecular formula is C20H20N2O3. The van der Waals surface area contributed by atoms with Crippen molar-refractivity contribution >= 4 is 16.8 Å². The fourth-order valence-electron chi connectivity index (χ4n) is 2.87. The lowest BCUT2D eigenvalue weighted by Crippen LogP contribution is -2.29. The Bertz CT molecular complexity index is 988. The van der Waals surface area contributed by atoms with Gasteiger partial charge in [-0.2, -0.15) is 0 Å². The Kier molecular flexibility index (Phi) is 4.57. The largest absolute Gasteiger partial charge is 0.502 e. The van der Waals surface area contributed by atoms with Crippen LogP contribution in [0.2, 0.25) is 0 Å². The van der Waals surface area contributed by atoms with Gasteiger partial charge in [-0.25, -0.2) is 0 Å². The van der Waals surface area contributed by atoms with E-state index < -0.39 is 17.2 Å². The van der Waals surface area contributed by atoms with E-state index in [4.69, 9.17) is 0 Å². The molecule has 0 atom stereocenters. The molecule has 128 valence electrons. The highest BCUT2D eigenvalue weighted by atomic mass is 16.3. The highest BCUT2D eigenvalue weighted by Gasteiger charge is 2.20. The normalized spacial score (nSPS) is 10.8. The smallest absolute Gasteiger partial charge is 0.293 e. The number of aromatic hydroxyl groups is 1. The number of carbonyl (C=O) groups excluding carboxylic acids is 1. The summed E-state index contributed by atoms with van der Waals surface area (Å²) in [4.78, 5) is 24.7. The average molecular weight is 336 g/mol. The van der Waals surface area contributed by atoms with E-state index in [-0.39, 0.29) is 5.56 Å². The van der Waals surface area contributed by atoms with Gasteiger partial charge in [-0.3, -0.25) is 9.59 Å². The fraction of sp³-hybridized carbons (Fsp3) is 0.200. The van der Waals surface area contributed by atoms with E-state index in [1.165, 1.54) is 10.1 Å². The number of hydrogen-bond acceptors (Lipinski definition) is 3. The van der Waals surface area contributed by atoms with Gasteiger partial charge in [-0.05, 0) is 25.0 Å². The number of fused-ring (bicyclic) bond motifs is 1. The third-order valence-electron chi connectivity index (χ3n) is 4.33. The lowest BCUT2D eigenvalue weighted by molar-refractivity contribution is 0.0953. The number of nitrogens with one attached hydrogen (secondary N) is 1. The number of hydrogen-bond donors (Lipinski definition) is 2. The molecule has 0 fully saturated rings. The number of benzene rings is 2. The number of aryl methyl sites for hydroxylation is 2. The Morgan fingerprint density at radius 1 is 1.12 bits per heavy atom. The first-order valence-corrected chi connectivity index (χ1v) is 8.13. The Labute approximate surface area is 145 Å². The maximum Gasteiger partial charge on any atom is 0.293 e. The van der Waals surface area contributed by atoms with E-state index in [2.05, 4.69) is 5.32 Å². The van der Waals surface area contributed by atoms with Crippen molar-refractivity contribution in [3.8, 4) is 5.75 Å². The second-order valence-corrected chi connectivity index (χ2v) is 6.10. The summed E-state index contributed by atoms with van der Waals surface area (Å²) < 4.78 is 1.34. The molecule has 2 N–H and O–H groups in total. The number of carbonyl (C=O) groups is 1. The minimum absolute atomic E-state index is 0.0302. The van der Waals surface area contributed by atoms with E-state index >= 15 is 0 Å². The molecule has 0 radical (unpaired) electrons. The monoisotopic (exact) mass is 336 g/mol. The zero-order chi connectivity index (χ0) is 18.0. The van der Waals surface area contributed by atoms with Gasteiger partial charge in [0.15, 0.2) is 5.75 Å². The van der Waals surface area contributed by atoms with E-state index in [1.807, 2.05) is 31.2 Å². The van der Waals surface area contributed by atoms with Gasteiger partial charge in [-0.15, -0.1) is 0 Å². The van der Waals surface area contributed by atoms with Crippen molar-refractivity contribution < 1.29 is 9.90 Å². The molecule has 1 heterocycles. The zero-order valence-electron chi connectivity index (χ0n) is 14.2. The predicted molar refractivity (Wildman–Crippen MR) is 98.1 cm³/mol. The molecule has 0 saturated carbocycles. The van der Waals surface area contributed by atoms with Crippen LogP contribution in [0.25, 0.3) is 10.9 Å². The molecule has 0 aliphatic rings. The third kappa shape index (κ3) is 3.26. The van der Waals surface area contributed by atoms with Crippen LogP contribution in [0.15, 0.2) is 53.3 Å². The second kappa shape index (κ2) is 6.81. The Morgan fingerprint density at radius 2 is 1.80 bits per heavy atom. The number of pyridine rings is 1. The van der Waals surface area contributed by atoms with Crippen molar-refractivity contribution in [3.63, 3.8) is 0 Å². The lowest BCUT2D eigenvalue weighted by Gasteiger charge is -2.12. The predicted octanol–water partition coefficient (Wildman–Crippen LogP) is 2.53. The maximum absolute atomic E-state index is 12.6. The minimum atomic E-state index is -0.581. The highest BCUT2D eigenvalue weighted by Crippen LogP contribution is 2.23. The molecule has 3 rings (SSSR count). The summed E-state index contributed by atoms with van der Waals surface area (Å²) in [6.45, 7) is 2.44. The first-order chi connectivity index (χ1) is 12.0. The molecule has 2 aromatic carbocycles. The summed E-state index contributed by atoms with van der Waals surface area (Å²) >= 11 is 0. The van der Waals surface area contributed by atoms with Gasteiger partial charge in [0, 0.05) is 19.0 Å². The van der Waals surface area contributed by atoms with Crippen LogP contribution in [0.5, 0.6) is 5.75 Å². The van der Waals surface area contributed by atoms with Crippen molar-refractivity contribution in [2.75, 3.05) is 6.54 Å². The van der Waals surface area contributed by atoms with E-state index in [9.17, 15) is 14.7 Å². The highest BCUT2D eigenvalue weighted by molar-refractivity contribution is 6.08. The number of amides is 1. The van der Waals surface area contributed by atoms with Crippen molar-refractivity contribution in [3.05, 3.63) is 75.6 Å². The Hall–Kier alpha value is -3.08. The zero-order valence-corrected chi connectivity index (χ0v) is 14.2. The SMILES string of the molecule is Cc1ccc(CCNC(=O)c2c(O)c(=O)n(C)c3ccccc23)cc1. The van der Waals surface area contributed by atoms with Crippen LogP contribution < -0.4 is 10.9 Å². The maximum atomic E-state index is 12.6. The van der Waals surface area contributed by atoms with Crippen LogP contribution in [-0.2, 0) is 13.5 Å². The standard InChI is InChI=1S/C20H20N2O3/c1-13-7-9-14(10-8-13)11-12-21-19(24)17-15-5-3-4-6-16(15)22(2)20(25)18(17)23/h3-10,23H,11-12H2,1-2H3,(H,21,24). The van der Waals surface area contributed by atoms with Crippen LogP contribution in [0.4, 0.5) is 0 Å².